The normalized spacial score (nSPS) is 19.5. The third kappa shape index (κ3) is 6.22. The Bertz CT molecular complexity index is 880. The monoisotopic (exact) mass is 409 g/mol. The average Bonchev–Trinajstić information content (AvgIpc) is 2.72. The number of pyridine rings is 1. The Balaban J connectivity index is 1.87. The van der Waals surface area contributed by atoms with Crippen LogP contribution in [0.3, 0.4) is 0 Å². The highest BCUT2D eigenvalue weighted by Gasteiger charge is 2.14. The lowest BCUT2D eigenvalue weighted by molar-refractivity contribution is -0.122. The first-order valence-electron chi connectivity index (χ1n) is 10.4. The largest absolute Gasteiger partial charge is 0.399 e. The number of nitrogens with two attached hydrogens (primary N) is 2. The number of ether oxygens (including phenoxy) is 1. The molecule has 1 aromatic heterocycles. The van der Waals surface area contributed by atoms with E-state index in [1.165, 1.54) is 0 Å². The first-order chi connectivity index (χ1) is 14.5. The summed E-state index contributed by atoms with van der Waals surface area (Å²) in [5.41, 5.74) is 16.9. The number of nitrogens with one attached hydrogen (secondary N) is 2. The van der Waals surface area contributed by atoms with Crippen LogP contribution in [0.15, 0.2) is 36.5 Å². The molecule has 0 bridgehead atoms. The van der Waals surface area contributed by atoms with Gasteiger partial charge in [0.05, 0.1) is 18.9 Å². The second-order valence-corrected chi connectivity index (χ2v) is 7.61. The molecule has 1 aliphatic rings. The smallest absolute Gasteiger partial charge is 0.222 e. The number of aromatic nitrogens is 1. The van der Waals surface area contributed by atoms with Gasteiger partial charge in [0.15, 0.2) is 0 Å². The van der Waals surface area contributed by atoms with E-state index < -0.39 is 0 Å². The summed E-state index contributed by atoms with van der Waals surface area (Å²) in [5, 5.41) is 6.56. The lowest BCUT2D eigenvalue weighted by atomic mass is 10.0. The number of nitrogens with zero attached hydrogens (tertiary/aromatic N) is 1. The van der Waals surface area contributed by atoms with Crippen LogP contribution in [-0.4, -0.2) is 36.7 Å². The molecule has 0 radical (unpaired) electrons. The molecule has 1 atom stereocenters. The Kier molecular flexibility index (Phi) is 7.68. The van der Waals surface area contributed by atoms with Gasteiger partial charge < -0.3 is 26.8 Å². The summed E-state index contributed by atoms with van der Waals surface area (Å²) in [6, 6.07) is 7.86. The fraction of sp³-hybridized carbons (Fsp3) is 0.391. The van der Waals surface area contributed by atoms with E-state index in [1.54, 1.807) is 6.20 Å². The van der Waals surface area contributed by atoms with Crippen molar-refractivity contribution < 1.29 is 9.53 Å². The summed E-state index contributed by atoms with van der Waals surface area (Å²) in [4.78, 5) is 16.4. The standard InChI is InChI=1S/C23H31N5O2/c1-16-9-11-26-22-18(4-2-3-12-30-13-10-21(29)28-16)15-27-23(25)20(22)14-17-5-7-19(24)8-6-17/h2,4-8,15-16,26H,3,9-14,24H2,1H3,(H2,25,27)(H,28,29)/b4-2+. The molecule has 0 saturated heterocycles. The van der Waals surface area contributed by atoms with E-state index in [4.69, 9.17) is 16.2 Å². The van der Waals surface area contributed by atoms with Crippen LogP contribution >= 0.6 is 0 Å². The van der Waals surface area contributed by atoms with Crippen LogP contribution in [0.4, 0.5) is 17.2 Å². The summed E-state index contributed by atoms with van der Waals surface area (Å²) in [7, 11) is 0. The number of carbonyl (C=O) groups excluding carboxylic acids is 1. The van der Waals surface area contributed by atoms with Gasteiger partial charge in [-0.2, -0.15) is 0 Å². The first-order valence-corrected chi connectivity index (χ1v) is 10.4. The zero-order valence-electron chi connectivity index (χ0n) is 17.5. The third-order valence-electron chi connectivity index (χ3n) is 5.09. The minimum atomic E-state index is 0.0193. The Morgan fingerprint density at radius 2 is 2.00 bits per heavy atom. The lowest BCUT2D eigenvalue weighted by Gasteiger charge is -2.19. The summed E-state index contributed by atoms with van der Waals surface area (Å²) < 4.78 is 5.56. The van der Waals surface area contributed by atoms with Crippen LogP contribution < -0.4 is 22.1 Å². The number of anilines is 3. The number of rotatable bonds is 2. The molecule has 1 unspecified atom stereocenters. The van der Waals surface area contributed by atoms with Crippen LogP contribution in [0, 0.1) is 0 Å². The van der Waals surface area contributed by atoms with Gasteiger partial charge >= 0.3 is 0 Å². The van der Waals surface area contributed by atoms with Crippen LogP contribution in [0.25, 0.3) is 6.08 Å². The van der Waals surface area contributed by atoms with Gasteiger partial charge in [-0.3, -0.25) is 4.79 Å². The van der Waals surface area contributed by atoms with Crippen molar-refractivity contribution in [3.05, 3.63) is 53.2 Å². The SMILES string of the molecule is CC1CCNc2c(cnc(N)c2Cc2ccc(N)cc2)/C=C/CCOCCC(=O)N1. The topological polar surface area (TPSA) is 115 Å². The third-order valence-corrected chi connectivity index (χ3v) is 5.09. The molecule has 0 saturated carbocycles. The molecule has 6 N–H and O–H groups in total. The maximum Gasteiger partial charge on any atom is 0.222 e. The van der Waals surface area contributed by atoms with Crippen molar-refractivity contribution in [2.75, 3.05) is 36.5 Å². The minimum Gasteiger partial charge on any atom is -0.399 e. The molecule has 7 nitrogen and oxygen atoms in total. The summed E-state index contributed by atoms with van der Waals surface area (Å²) in [5.74, 6) is 0.528. The van der Waals surface area contributed by atoms with Crippen molar-refractivity contribution in [1.82, 2.24) is 10.3 Å². The number of hydrogen-bond donors (Lipinski definition) is 4. The predicted molar refractivity (Wildman–Crippen MR) is 122 cm³/mol. The molecule has 0 spiro atoms. The Labute approximate surface area is 177 Å². The molecular formula is C23H31N5O2. The van der Waals surface area contributed by atoms with E-state index in [1.807, 2.05) is 31.2 Å². The molecule has 3 rings (SSSR count). The zero-order valence-corrected chi connectivity index (χ0v) is 17.5. The number of nitrogen functional groups attached to an aromatic ring is 2. The van der Waals surface area contributed by atoms with Crippen LogP contribution in [-0.2, 0) is 16.0 Å². The second-order valence-electron chi connectivity index (χ2n) is 7.61. The van der Waals surface area contributed by atoms with Crippen LogP contribution in [0.2, 0.25) is 0 Å². The van der Waals surface area contributed by atoms with E-state index >= 15 is 0 Å². The van der Waals surface area contributed by atoms with Gasteiger partial charge in [0.25, 0.3) is 0 Å². The van der Waals surface area contributed by atoms with Gasteiger partial charge in [0.2, 0.25) is 5.91 Å². The average molecular weight is 410 g/mol. The highest BCUT2D eigenvalue weighted by molar-refractivity contribution is 5.76. The zero-order chi connectivity index (χ0) is 21.3. The van der Waals surface area contributed by atoms with Gasteiger partial charge in [0.1, 0.15) is 5.82 Å². The Morgan fingerprint density at radius 3 is 2.80 bits per heavy atom. The fourth-order valence-corrected chi connectivity index (χ4v) is 3.40. The molecular weight excluding hydrogens is 378 g/mol. The van der Waals surface area contributed by atoms with E-state index in [2.05, 4.69) is 27.8 Å². The molecule has 2 aromatic rings. The molecule has 1 aliphatic heterocycles. The van der Waals surface area contributed by atoms with E-state index in [0.29, 0.717) is 38.4 Å². The molecule has 2 heterocycles. The highest BCUT2D eigenvalue weighted by Crippen LogP contribution is 2.29. The minimum absolute atomic E-state index is 0.0193. The summed E-state index contributed by atoms with van der Waals surface area (Å²) in [6.45, 7) is 3.72. The maximum absolute atomic E-state index is 12.0. The summed E-state index contributed by atoms with van der Waals surface area (Å²) >= 11 is 0. The van der Waals surface area contributed by atoms with Gasteiger partial charge in [0, 0.05) is 48.4 Å². The fourth-order valence-electron chi connectivity index (χ4n) is 3.40. The molecule has 160 valence electrons. The maximum atomic E-state index is 12.0. The molecule has 30 heavy (non-hydrogen) atoms. The van der Waals surface area contributed by atoms with Gasteiger partial charge in [-0.15, -0.1) is 0 Å². The van der Waals surface area contributed by atoms with Crippen molar-refractivity contribution in [3.63, 3.8) is 0 Å². The highest BCUT2D eigenvalue weighted by atomic mass is 16.5. The van der Waals surface area contributed by atoms with E-state index in [0.717, 1.165) is 40.9 Å². The van der Waals surface area contributed by atoms with Crippen molar-refractivity contribution >= 4 is 29.2 Å². The summed E-state index contributed by atoms with van der Waals surface area (Å²) in [6.07, 6.45) is 8.50. The molecule has 7 heteroatoms. The van der Waals surface area contributed by atoms with Crippen LogP contribution in [0.1, 0.15) is 42.9 Å². The first kappa shape index (κ1) is 21.6. The Morgan fingerprint density at radius 1 is 1.20 bits per heavy atom. The number of carbonyl (C=O) groups is 1. The van der Waals surface area contributed by atoms with Crippen molar-refractivity contribution in [2.45, 2.75) is 38.6 Å². The number of hydrogen-bond acceptors (Lipinski definition) is 6. The van der Waals surface area contributed by atoms with Crippen LogP contribution in [0.5, 0.6) is 0 Å². The molecule has 0 fully saturated rings. The molecule has 1 aromatic carbocycles. The van der Waals surface area contributed by atoms with E-state index in [-0.39, 0.29) is 11.9 Å². The number of fused-ring (bicyclic) bond motifs is 1. The van der Waals surface area contributed by atoms with Gasteiger partial charge in [-0.05, 0) is 37.5 Å². The second kappa shape index (κ2) is 10.6. The lowest BCUT2D eigenvalue weighted by Crippen LogP contribution is -2.34. The number of amides is 1. The van der Waals surface area contributed by atoms with E-state index in [9.17, 15) is 4.79 Å². The predicted octanol–water partition coefficient (Wildman–Crippen LogP) is 2.97. The van der Waals surface area contributed by atoms with Crippen molar-refractivity contribution in [3.8, 4) is 0 Å². The van der Waals surface area contributed by atoms with Gasteiger partial charge in [-0.1, -0.05) is 24.3 Å². The molecule has 1 amide bonds. The van der Waals surface area contributed by atoms with Crippen molar-refractivity contribution in [2.24, 2.45) is 0 Å². The van der Waals surface area contributed by atoms with Gasteiger partial charge in [-0.25, -0.2) is 4.98 Å². The number of benzene rings is 1. The Hall–Kier alpha value is -3.06. The quantitative estimate of drug-likeness (QED) is 0.567. The van der Waals surface area contributed by atoms with Crippen molar-refractivity contribution in [1.29, 1.82) is 0 Å². The molecule has 0 aliphatic carbocycles.